The molecule has 0 unspecified atom stereocenters. The molecule has 0 aromatic carbocycles. The van der Waals surface area contributed by atoms with Crippen LogP contribution in [0.3, 0.4) is 0 Å². The molecule has 0 radical (unpaired) electrons. The van der Waals surface area contributed by atoms with Crippen molar-refractivity contribution in [3.05, 3.63) is 71.1 Å². The standard InChI is InChI=1S/C21H19N3O5/c1-13-9-16(15(3)24(13)20-10-14(2)28-23-20)6-7-21(25)27-12-17-11-19(29-22-17)18-5-4-8-26-18/h4-11H,12H2,1-3H3/b7-6+. The smallest absolute Gasteiger partial charge is 0.331 e. The molecular formula is C21H19N3O5. The average Bonchev–Trinajstić information content (AvgIpc) is 3.46. The zero-order valence-electron chi connectivity index (χ0n) is 16.2. The number of esters is 1. The van der Waals surface area contributed by atoms with Gasteiger partial charge in [-0.2, -0.15) is 0 Å². The van der Waals surface area contributed by atoms with Gasteiger partial charge in [-0.3, -0.25) is 4.57 Å². The minimum absolute atomic E-state index is 0.00458. The van der Waals surface area contributed by atoms with E-state index in [0.29, 0.717) is 23.0 Å². The molecule has 0 atom stereocenters. The molecule has 0 N–H and O–H groups in total. The molecule has 0 bridgehead atoms. The third-order valence-electron chi connectivity index (χ3n) is 4.40. The summed E-state index contributed by atoms with van der Waals surface area (Å²) in [6.45, 7) is 5.76. The molecule has 148 valence electrons. The number of aryl methyl sites for hydroxylation is 2. The topological polar surface area (TPSA) is 96.4 Å². The summed E-state index contributed by atoms with van der Waals surface area (Å²) in [6, 6.07) is 9.01. The lowest BCUT2D eigenvalue weighted by atomic mass is 10.2. The third-order valence-corrected chi connectivity index (χ3v) is 4.40. The van der Waals surface area contributed by atoms with Crippen molar-refractivity contribution >= 4 is 12.0 Å². The van der Waals surface area contributed by atoms with Crippen LogP contribution in [-0.2, 0) is 16.1 Å². The Balaban J connectivity index is 1.40. The van der Waals surface area contributed by atoms with E-state index in [1.807, 2.05) is 37.5 Å². The molecule has 0 saturated heterocycles. The fraction of sp³-hybridized carbons (Fsp3) is 0.190. The normalized spacial score (nSPS) is 11.4. The van der Waals surface area contributed by atoms with E-state index in [2.05, 4.69) is 10.3 Å². The molecule has 4 aromatic rings. The first-order valence-electron chi connectivity index (χ1n) is 8.98. The van der Waals surface area contributed by atoms with Crippen LogP contribution in [-0.4, -0.2) is 20.8 Å². The van der Waals surface area contributed by atoms with Gasteiger partial charge in [0, 0.05) is 29.6 Å². The average molecular weight is 393 g/mol. The van der Waals surface area contributed by atoms with Crippen LogP contribution < -0.4 is 0 Å². The summed E-state index contributed by atoms with van der Waals surface area (Å²) in [5, 5.41) is 7.92. The molecule has 0 saturated carbocycles. The van der Waals surface area contributed by atoms with Gasteiger partial charge in [-0.1, -0.05) is 10.3 Å². The van der Waals surface area contributed by atoms with E-state index in [4.69, 9.17) is 18.2 Å². The van der Waals surface area contributed by atoms with E-state index in [-0.39, 0.29) is 6.61 Å². The van der Waals surface area contributed by atoms with E-state index in [1.165, 1.54) is 6.08 Å². The maximum Gasteiger partial charge on any atom is 0.331 e. The van der Waals surface area contributed by atoms with Gasteiger partial charge in [0.1, 0.15) is 18.1 Å². The Morgan fingerprint density at radius 3 is 2.72 bits per heavy atom. The minimum Gasteiger partial charge on any atom is -0.461 e. The number of rotatable bonds is 6. The molecule has 0 spiro atoms. The second-order valence-electron chi connectivity index (χ2n) is 6.56. The number of nitrogens with zero attached hydrogens (tertiary/aromatic N) is 3. The van der Waals surface area contributed by atoms with E-state index in [0.717, 1.165) is 22.7 Å². The monoisotopic (exact) mass is 393 g/mol. The predicted octanol–water partition coefficient (Wildman–Crippen LogP) is 4.40. The van der Waals surface area contributed by atoms with Gasteiger partial charge in [0.2, 0.25) is 5.76 Å². The summed E-state index contributed by atoms with van der Waals surface area (Å²) in [4.78, 5) is 12.1. The number of furan rings is 1. The van der Waals surface area contributed by atoms with Gasteiger partial charge in [-0.15, -0.1) is 0 Å². The van der Waals surface area contributed by atoms with Gasteiger partial charge < -0.3 is 18.2 Å². The van der Waals surface area contributed by atoms with Crippen LogP contribution in [0.4, 0.5) is 0 Å². The largest absolute Gasteiger partial charge is 0.461 e. The zero-order chi connectivity index (χ0) is 20.4. The first-order valence-corrected chi connectivity index (χ1v) is 8.98. The van der Waals surface area contributed by atoms with E-state index >= 15 is 0 Å². The number of ether oxygens (including phenoxy) is 1. The summed E-state index contributed by atoms with van der Waals surface area (Å²) < 4.78 is 22.8. The Kier molecular flexibility index (Phi) is 4.90. The first-order chi connectivity index (χ1) is 14.0. The zero-order valence-corrected chi connectivity index (χ0v) is 16.2. The van der Waals surface area contributed by atoms with Crippen LogP contribution in [0.2, 0.25) is 0 Å². The maximum absolute atomic E-state index is 12.1. The summed E-state index contributed by atoms with van der Waals surface area (Å²) in [5.41, 5.74) is 3.32. The van der Waals surface area contributed by atoms with E-state index < -0.39 is 5.97 Å². The molecule has 0 aliphatic carbocycles. The van der Waals surface area contributed by atoms with Gasteiger partial charge in [0.25, 0.3) is 0 Å². The SMILES string of the molecule is Cc1cc(-n2c(C)cc(/C=C/C(=O)OCc3cc(-c4ccco4)on3)c2C)no1. The lowest BCUT2D eigenvalue weighted by Gasteiger charge is -2.03. The molecule has 0 aliphatic heterocycles. The van der Waals surface area contributed by atoms with Gasteiger partial charge in [0.05, 0.1) is 6.26 Å². The van der Waals surface area contributed by atoms with Crippen molar-refractivity contribution in [2.45, 2.75) is 27.4 Å². The van der Waals surface area contributed by atoms with Crippen molar-refractivity contribution in [1.29, 1.82) is 0 Å². The molecule has 0 aliphatic rings. The van der Waals surface area contributed by atoms with Crippen LogP contribution in [0, 0.1) is 20.8 Å². The summed E-state index contributed by atoms with van der Waals surface area (Å²) in [5.74, 6) is 2.00. The Bertz CT molecular complexity index is 1160. The van der Waals surface area contributed by atoms with Crippen molar-refractivity contribution in [1.82, 2.24) is 14.9 Å². The first kappa shape index (κ1) is 18.5. The highest BCUT2D eigenvalue weighted by atomic mass is 16.5. The van der Waals surface area contributed by atoms with Gasteiger partial charge in [-0.05, 0) is 50.6 Å². The molecule has 29 heavy (non-hydrogen) atoms. The Hall–Kier alpha value is -3.81. The quantitative estimate of drug-likeness (QED) is 0.354. The molecule has 8 nitrogen and oxygen atoms in total. The Labute approximate surface area is 166 Å². The molecule has 4 aromatic heterocycles. The fourth-order valence-corrected chi connectivity index (χ4v) is 3.03. The van der Waals surface area contributed by atoms with Crippen molar-refractivity contribution in [2.24, 2.45) is 0 Å². The highest BCUT2D eigenvalue weighted by molar-refractivity contribution is 5.87. The van der Waals surface area contributed by atoms with Crippen molar-refractivity contribution in [3.8, 4) is 17.3 Å². The molecular weight excluding hydrogens is 374 g/mol. The van der Waals surface area contributed by atoms with Crippen LogP contribution in [0.5, 0.6) is 0 Å². The Morgan fingerprint density at radius 1 is 1.14 bits per heavy atom. The van der Waals surface area contributed by atoms with E-state index in [1.54, 1.807) is 30.5 Å². The second-order valence-corrected chi connectivity index (χ2v) is 6.56. The number of hydrogen-bond acceptors (Lipinski definition) is 7. The molecule has 0 fully saturated rings. The van der Waals surface area contributed by atoms with Crippen molar-refractivity contribution in [2.75, 3.05) is 0 Å². The summed E-state index contributed by atoms with van der Waals surface area (Å²) in [7, 11) is 0. The van der Waals surface area contributed by atoms with E-state index in [9.17, 15) is 4.79 Å². The second kappa shape index (κ2) is 7.67. The van der Waals surface area contributed by atoms with Crippen LogP contribution in [0.1, 0.15) is 28.4 Å². The molecule has 0 amide bonds. The number of hydrogen-bond donors (Lipinski definition) is 0. The van der Waals surface area contributed by atoms with Gasteiger partial charge >= 0.3 is 5.97 Å². The van der Waals surface area contributed by atoms with Crippen LogP contribution >= 0.6 is 0 Å². The minimum atomic E-state index is -0.477. The summed E-state index contributed by atoms with van der Waals surface area (Å²) >= 11 is 0. The van der Waals surface area contributed by atoms with Crippen molar-refractivity contribution < 1.29 is 23.0 Å². The van der Waals surface area contributed by atoms with Crippen LogP contribution in [0.15, 0.2) is 56.1 Å². The van der Waals surface area contributed by atoms with Crippen LogP contribution in [0.25, 0.3) is 23.4 Å². The highest BCUT2D eigenvalue weighted by Crippen LogP contribution is 2.22. The van der Waals surface area contributed by atoms with Gasteiger partial charge in [-0.25, -0.2) is 4.79 Å². The van der Waals surface area contributed by atoms with Gasteiger partial charge in [0.15, 0.2) is 11.6 Å². The Morgan fingerprint density at radius 2 is 2.00 bits per heavy atom. The maximum atomic E-state index is 12.1. The summed E-state index contributed by atoms with van der Waals surface area (Å²) in [6.07, 6.45) is 4.64. The molecule has 8 heteroatoms. The lowest BCUT2D eigenvalue weighted by Crippen LogP contribution is -2.01. The van der Waals surface area contributed by atoms with Crippen molar-refractivity contribution in [3.63, 3.8) is 0 Å². The number of carbonyl (C=O) groups is 1. The lowest BCUT2D eigenvalue weighted by molar-refractivity contribution is -0.139. The number of aromatic nitrogens is 3. The number of carbonyl (C=O) groups excluding carboxylic acids is 1. The highest BCUT2D eigenvalue weighted by Gasteiger charge is 2.13. The predicted molar refractivity (Wildman–Crippen MR) is 103 cm³/mol. The third kappa shape index (κ3) is 3.91. The molecule has 4 rings (SSSR count). The molecule has 4 heterocycles. The fourth-order valence-electron chi connectivity index (χ4n) is 3.03.